The maximum atomic E-state index is 6.32. The lowest BCUT2D eigenvalue weighted by molar-refractivity contribution is 0.337. The molecule has 1 aliphatic rings. The monoisotopic (exact) mass is 234 g/mol. The molecule has 0 aromatic heterocycles. The first-order valence-corrected chi connectivity index (χ1v) is 6.32. The van der Waals surface area contributed by atoms with Crippen LogP contribution in [0.3, 0.4) is 0 Å². The van der Waals surface area contributed by atoms with Crippen molar-refractivity contribution in [3.05, 3.63) is 29.3 Å². The lowest BCUT2D eigenvalue weighted by Crippen LogP contribution is -2.29. The molecule has 17 heavy (non-hydrogen) atoms. The van der Waals surface area contributed by atoms with Gasteiger partial charge in [0.15, 0.2) is 0 Å². The Hall–Kier alpha value is -1.06. The summed E-state index contributed by atoms with van der Waals surface area (Å²) in [6.45, 7) is 5.43. The summed E-state index contributed by atoms with van der Waals surface area (Å²) in [6.07, 6.45) is 2.30. The molecule has 1 atom stereocenters. The van der Waals surface area contributed by atoms with E-state index in [1.807, 2.05) is 13.0 Å². The fourth-order valence-corrected chi connectivity index (χ4v) is 2.34. The number of hydrogen-bond acceptors (Lipinski definition) is 3. The number of nitrogens with two attached hydrogens (primary N) is 2. The van der Waals surface area contributed by atoms with Gasteiger partial charge in [-0.15, -0.1) is 0 Å². The third-order valence-corrected chi connectivity index (χ3v) is 3.82. The van der Waals surface area contributed by atoms with Crippen molar-refractivity contribution in [3.63, 3.8) is 0 Å². The largest absolute Gasteiger partial charge is 0.494 e. The van der Waals surface area contributed by atoms with Crippen LogP contribution in [0.1, 0.15) is 36.9 Å². The van der Waals surface area contributed by atoms with Crippen molar-refractivity contribution in [3.8, 4) is 5.75 Å². The summed E-state index contributed by atoms with van der Waals surface area (Å²) < 4.78 is 5.53. The van der Waals surface area contributed by atoms with Crippen LogP contribution in [0.15, 0.2) is 18.2 Å². The van der Waals surface area contributed by atoms with Crippen molar-refractivity contribution >= 4 is 0 Å². The second kappa shape index (κ2) is 4.67. The highest BCUT2D eigenvalue weighted by Gasteiger charge is 2.47. The van der Waals surface area contributed by atoms with Crippen molar-refractivity contribution in [2.75, 3.05) is 13.2 Å². The minimum atomic E-state index is 0.0573. The normalized spacial score (nSPS) is 18.8. The van der Waals surface area contributed by atoms with E-state index in [2.05, 4.69) is 19.1 Å². The average Bonchev–Trinajstić information content (AvgIpc) is 3.12. The molecule has 1 aliphatic carbocycles. The van der Waals surface area contributed by atoms with Crippen LogP contribution in [0.25, 0.3) is 0 Å². The summed E-state index contributed by atoms with van der Waals surface area (Å²) in [5.41, 5.74) is 14.6. The molecular weight excluding hydrogens is 212 g/mol. The zero-order chi connectivity index (χ0) is 12.5. The molecule has 1 fully saturated rings. The molecule has 0 spiro atoms. The third kappa shape index (κ3) is 2.31. The van der Waals surface area contributed by atoms with Crippen molar-refractivity contribution in [2.24, 2.45) is 16.9 Å². The molecule has 3 heteroatoms. The maximum Gasteiger partial charge on any atom is 0.122 e. The first-order chi connectivity index (χ1) is 8.13. The molecule has 94 valence electrons. The number of aryl methyl sites for hydroxylation is 1. The van der Waals surface area contributed by atoms with Gasteiger partial charge in [-0.25, -0.2) is 0 Å². The lowest BCUT2D eigenvalue weighted by atomic mass is 9.90. The Bertz CT molecular complexity index is 399. The van der Waals surface area contributed by atoms with Crippen LogP contribution in [0.5, 0.6) is 5.75 Å². The molecule has 0 aliphatic heterocycles. The molecule has 3 nitrogen and oxygen atoms in total. The van der Waals surface area contributed by atoms with Gasteiger partial charge in [0.1, 0.15) is 5.75 Å². The van der Waals surface area contributed by atoms with Crippen LogP contribution in [0.2, 0.25) is 0 Å². The molecule has 0 bridgehead atoms. The minimum absolute atomic E-state index is 0.0573. The summed E-state index contributed by atoms with van der Waals surface area (Å²) in [5.74, 6) is 0.945. The molecule has 1 unspecified atom stereocenters. The van der Waals surface area contributed by atoms with Crippen molar-refractivity contribution in [1.29, 1.82) is 0 Å². The van der Waals surface area contributed by atoms with Gasteiger partial charge < -0.3 is 16.2 Å². The molecule has 1 saturated carbocycles. The van der Waals surface area contributed by atoms with E-state index in [4.69, 9.17) is 16.2 Å². The SMILES string of the molecule is CCOc1ccc(C(N)C2(CN)CC2)cc1C. The smallest absolute Gasteiger partial charge is 0.122 e. The summed E-state index contributed by atoms with van der Waals surface area (Å²) in [5, 5.41) is 0. The van der Waals surface area contributed by atoms with E-state index in [1.54, 1.807) is 0 Å². The zero-order valence-corrected chi connectivity index (χ0v) is 10.7. The number of ether oxygens (including phenoxy) is 1. The third-order valence-electron chi connectivity index (χ3n) is 3.82. The number of rotatable bonds is 5. The van der Waals surface area contributed by atoms with Gasteiger partial charge in [0, 0.05) is 11.5 Å². The van der Waals surface area contributed by atoms with Crippen LogP contribution in [-0.2, 0) is 0 Å². The molecular formula is C14H22N2O. The van der Waals surface area contributed by atoms with Gasteiger partial charge in [-0.05, 0) is 50.4 Å². The van der Waals surface area contributed by atoms with Gasteiger partial charge in [0.05, 0.1) is 6.61 Å². The minimum Gasteiger partial charge on any atom is -0.494 e. The Kier molecular flexibility index (Phi) is 3.40. The standard InChI is InChI=1S/C14H22N2O/c1-3-17-12-5-4-11(8-10(12)2)13(16)14(9-15)6-7-14/h4-5,8,13H,3,6-7,9,15-16H2,1-2H3. The summed E-state index contributed by atoms with van der Waals surface area (Å²) in [4.78, 5) is 0. The van der Waals surface area contributed by atoms with E-state index in [0.29, 0.717) is 13.2 Å². The average molecular weight is 234 g/mol. The first kappa shape index (κ1) is 12.4. The topological polar surface area (TPSA) is 61.3 Å². The molecule has 2 rings (SSSR count). The van der Waals surface area contributed by atoms with E-state index in [0.717, 1.165) is 24.2 Å². The van der Waals surface area contributed by atoms with E-state index >= 15 is 0 Å². The van der Waals surface area contributed by atoms with E-state index < -0.39 is 0 Å². The molecule has 1 aromatic rings. The van der Waals surface area contributed by atoms with Gasteiger partial charge in [0.25, 0.3) is 0 Å². The molecule has 0 heterocycles. The van der Waals surface area contributed by atoms with Gasteiger partial charge in [-0.1, -0.05) is 12.1 Å². The molecule has 0 saturated heterocycles. The Balaban J connectivity index is 2.19. The van der Waals surface area contributed by atoms with Gasteiger partial charge in [-0.3, -0.25) is 0 Å². The summed E-state index contributed by atoms with van der Waals surface area (Å²) in [7, 11) is 0. The number of benzene rings is 1. The van der Waals surface area contributed by atoms with E-state index in [-0.39, 0.29) is 11.5 Å². The molecule has 0 amide bonds. The van der Waals surface area contributed by atoms with Crippen molar-refractivity contribution in [2.45, 2.75) is 32.7 Å². The van der Waals surface area contributed by atoms with Crippen molar-refractivity contribution in [1.82, 2.24) is 0 Å². The first-order valence-electron chi connectivity index (χ1n) is 6.32. The van der Waals surface area contributed by atoms with Crippen LogP contribution < -0.4 is 16.2 Å². The highest BCUT2D eigenvalue weighted by atomic mass is 16.5. The molecule has 0 radical (unpaired) electrons. The summed E-state index contributed by atoms with van der Waals surface area (Å²) in [6, 6.07) is 6.27. The Morgan fingerprint density at radius 2 is 2.12 bits per heavy atom. The fourth-order valence-electron chi connectivity index (χ4n) is 2.34. The quantitative estimate of drug-likeness (QED) is 0.820. The van der Waals surface area contributed by atoms with Crippen LogP contribution in [0, 0.1) is 12.3 Å². The van der Waals surface area contributed by atoms with Gasteiger partial charge in [0.2, 0.25) is 0 Å². The molecule has 1 aromatic carbocycles. The second-order valence-corrected chi connectivity index (χ2v) is 5.00. The number of hydrogen-bond donors (Lipinski definition) is 2. The van der Waals surface area contributed by atoms with E-state index in [9.17, 15) is 0 Å². The zero-order valence-electron chi connectivity index (χ0n) is 10.7. The Morgan fingerprint density at radius 1 is 1.41 bits per heavy atom. The fraction of sp³-hybridized carbons (Fsp3) is 0.571. The summed E-state index contributed by atoms with van der Waals surface area (Å²) >= 11 is 0. The van der Waals surface area contributed by atoms with Gasteiger partial charge in [-0.2, -0.15) is 0 Å². The van der Waals surface area contributed by atoms with Crippen LogP contribution >= 0.6 is 0 Å². The van der Waals surface area contributed by atoms with Crippen LogP contribution in [0.4, 0.5) is 0 Å². The second-order valence-electron chi connectivity index (χ2n) is 5.00. The van der Waals surface area contributed by atoms with Crippen LogP contribution in [-0.4, -0.2) is 13.2 Å². The van der Waals surface area contributed by atoms with E-state index in [1.165, 1.54) is 5.56 Å². The predicted octanol–water partition coefficient (Wildman–Crippen LogP) is 2.13. The lowest BCUT2D eigenvalue weighted by Gasteiger charge is -2.22. The van der Waals surface area contributed by atoms with Crippen molar-refractivity contribution < 1.29 is 4.74 Å². The maximum absolute atomic E-state index is 6.32. The predicted molar refractivity (Wildman–Crippen MR) is 70.0 cm³/mol. The highest BCUT2D eigenvalue weighted by molar-refractivity contribution is 5.38. The Morgan fingerprint density at radius 3 is 2.59 bits per heavy atom. The van der Waals surface area contributed by atoms with Gasteiger partial charge >= 0.3 is 0 Å². The Labute approximate surface area is 103 Å². The highest BCUT2D eigenvalue weighted by Crippen LogP contribution is 2.53. The molecule has 4 N–H and O–H groups in total.